The summed E-state index contributed by atoms with van der Waals surface area (Å²) in [7, 11) is 1.32. The highest BCUT2D eigenvalue weighted by Gasteiger charge is 2.53. The maximum absolute atomic E-state index is 13.8. The number of carbonyl (C=O) groups excluding carboxylic acids is 2. The second kappa shape index (κ2) is 15.3. The number of nitrogens with one attached hydrogen (secondary N) is 4. The Morgan fingerprint density at radius 3 is 2.30 bits per heavy atom. The number of nitrogens with zero attached hydrogens (tertiary/aromatic N) is 3. The van der Waals surface area contributed by atoms with Gasteiger partial charge in [0.05, 0.1) is 49.1 Å². The van der Waals surface area contributed by atoms with Crippen LogP contribution in [0.1, 0.15) is 121 Å². The van der Waals surface area contributed by atoms with Gasteiger partial charge in [-0.25, -0.2) is 14.8 Å². The summed E-state index contributed by atoms with van der Waals surface area (Å²) in [6, 6.07) is -0.554. The first kappa shape index (κ1) is 37.0. The molecule has 0 radical (unpaired) electrons. The van der Waals surface area contributed by atoms with Crippen molar-refractivity contribution in [3.63, 3.8) is 0 Å². The maximum Gasteiger partial charge on any atom is 0.407 e. The second-order valence-corrected chi connectivity index (χ2v) is 17.1. The van der Waals surface area contributed by atoms with Gasteiger partial charge in [0.1, 0.15) is 17.7 Å². The highest BCUT2D eigenvalue weighted by molar-refractivity contribution is 5.86. The molecule has 10 atom stereocenters. The van der Waals surface area contributed by atoms with E-state index in [4.69, 9.17) is 14.7 Å². The number of H-pyrrole nitrogens is 2. The van der Waals surface area contributed by atoms with Gasteiger partial charge in [0, 0.05) is 12.5 Å². The van der Waals surface area contributed by atoms with E-state index in [1.165, 1.54) is 55.1 Å². The molecular weight excluding hydrogens is 679 g/mol. The second-order valence-electron chi connectivity index (χ2n) is 17.1. The topological polar surface area (TPSA) is 148 Å². The van der Waals surface area contributed by atoms with Crippen LogP contribution in [0.15, 0.2) is 47.8 Å². The minimum absolute atomic E-state index is 0.00439. The number of carbonyl (C=O) groups is 2. The molecule has 10 unspecified atom stereocenters. The molecule has 2 aromatic rings. The van der Waals surface area contributed by atoms with E-state index in [1.54, 1.807) is 0 Å². The van der Waals surface area contributed by atoms with Gasteiger partial charge in [-0.05, 0) is 116 Å². The number of likely N-dealkylation sites (tertiary alicyclic amines) is 1. The number of amides is 2. The number of allylic oxidation sites excluding steroid dienone is 7. The minimum Gasteiger partial charge on any atom is -0.453 e. The van der Waals surface area contributed by atoms with Crippen LogP contribution >= 0.6 is 0 Å². The number of aliphatic hydroxyl groups is 1. The third kappa shape index (κ3) is 6.59. The molecule has 4 fully saturated rings. The summed E-state index contributed by atoms with van der Waals surface area (Å²) < 4.78 is 4.83. The van der Waals surface area contributed by atoms with Crippen molar-refractivity contribution in [3.8, 4) is 0 Å². The molecule has 6 aliphatic rings. The number of hydrogen-bond donors (Lipinski definition) is 5. The highest BCUT2D eigenvalue weighted by Crippen LogP contribution is 2.62. The van der Waals surface area contributed by atoms with Gasteiger partial charge < -0.3 is 35.3 Å². The minimum atomic E-state index is -0.666. The van der Waals surface area contributed by atoms with Crippen LogP contribution in [0.4, 0.5) is 4.79 Å². The molecule has 8 rings (SSSR count). The molecule has 2 aliphatic heterocycles. The van der Waals surface area contributed by atoms with Gasteiger partial charge in [0.25, 0.3) is 0 Å². The Morgan fingerprint density at radius 2 is 1.59 bits per heavy atom. The van der Waals surface area contributed by atoms with Crippen LogP contribution in [0.5, 0.6) is 0 Å². The molecule has 2 amide bonds. The lowest BCUT2D eigenvalue weighted by Crippen LogP contribution is -2.51. The zero-order chi connectivity index (χ0) is 37.7. The van der Waals surface area contributed by atoms with Crippen LogP contribution in [-0.2, 0) is 9.53 Å². The van der Waals surface area contributed by atoms with Crippen molar-refractivity contribution in [1.29, 1.82) is 0 Å². The van der Waals surface area contributed by atoms with E-state index in [9.17, 15) is 14.7 Å². The lowest BCUT2D eigenvalue weighted by atomic mass is 9.63. The van der Waals surface area contributed by atoms with Gasteiger partial charge in [0.2, 0.25) is 5.91 Å². The smallest absolute Gasteiger partial charge is 0.407 e. The molecular formula is C43H59N7O4. The van der Waals surface area contributed by atoms with Crippen molar-refractivity contribution < 1.29 is 19.4 Å². The molecule has 2 saturated heterocycles. The van der Waals surface area contributed by atoms with Crippen LogP contribution in [0, 0.1) is 41.4 Å². The fraction of sp³-hybridized carbons (Fsp3) is 0.628. The molecule has 2 bridgehead atoms. The monoisotopic (exact) mass is 737 g/mol. The molecule has 290 valence electrons. The quantitative estimate of drug-likeness (QED) is 0.166. The SMILES string of the molecule is CCCC(O)C1C(C2=CC=C(c3cnc(C4CCCN4C(=O)C(NC(=O)OC)C(C)C)[nH]3)C3C4CCC(C4)C23)=CC=C(c2cnc(C3CCCN3)[nH]2)C1C. The van der Waals surface area contributed by atoms with Gasteiger partial charge in [-0.15, -0.1) is 0 Å². The van der Waals surface area contributed by atoms with Gasteiger partial charge in [-0.2, -0.15) is 0 Å². The number of rotatable bonds is 11. The van der Waals surface area contributed by atoms with Crippen molar-refractivity contribution in [2.45, 2.75) is 110 Å². The van der Waals surface area contributed by atoms with E-state index in [0.717, 1.165) is 61.7 Å². The number of fused-ring (bicyclic) bond motifs is 5. The van der Waals surface area contributed by atoms with Crippen molar-refractivity contribution in [2.24, 2.45) is 41.4 Å². The van der Waals surface area contributed by atoms with E-state index >= 15 is 0 Å². The van der Waals surface area contributed by atoms with E-state index in [1.807, 2.05) is 31.1 Å². The Bertz CT molecular complexity index is 1850. The number of imidazole rings is 2. The van der Waals surface area contributed by atoms with Crippen LogP contribution in [-0.4, -0.2) is 74.3 Å². The predicted octanol–water partition coefficient (Wildman–Crippen LogP) is 7.02. The lowest BCUT2D eigenvalue weighted by Gasteiger charge is -2.42. The first-order valence-electron chi connectivity index (χ1n) is 20.7. The van der Waals surface area contributed by atoms with Crippen molar-refractivity contribution >= 4 is 23.1 Å². The largest absolute Gasteiger partial charge is 0.453 e. The molecule has 2 saturated carbocycles. The molecule has 2 aromatic heterocycles. The molecule has 0 spiro atoms. The third-order valence-corrected chi connectivity index (χ3v) is 13.7. The fourth-order valence-corrected chi connectivity index (χ4v) is 11.1. The molecule has 5 N–H and O–H groups in total. The number of methoxy groups -OCH3 is 1. The molecule has 11 nitrogen and oxygen atoms in total. The van der Waals surface area contributed by atoms with Gasteiger partial charge in [0.15, 0.2) is 0 Å². The summed E-state index contributed by atoms with van der Waals surface area (Å²) in [5.74, 6) is 3.77. The molecule has 54 heavy (non-hydrogen) atoms. The van der Waals surface area contributed by atoms with Gasteiger partial charge >= 0.3 is 6.09 Å². The average molecular weight is 738 g/mol. The predicted molar refractivity (Wildman–Crippen MR) is 209 cm³/mol. The highest BCUT2D eigenvalue weighted by atomic mass is 16.5. The summed E-state index contributed by atoms with van der Waals surface area (Å²) in [5, 5.41) is 18.2. The standard InChI is InChI=1S/C43H59N7O4/c1-6-9-35(51)36-24(4)27(32-21-45-40(47-32)31-10-7-18-44-31)14-15-28(36)29-16-17-30(38-26-13-12-25(20-26)37(29)38)33-22-46-41(48-33)34-11-8-19-50(34)42(52)39(23(2)3)49-43(53)54-5/h14-17,21-26,31,34-39,44,51H,6-13,18-20H2,1-5H3,(H,45,47)(H,46,48)(H,49,53). The Labute approximate surface area is 319 Å². The van der Waals surface area contributed by atoms with Crippen LogP contribution in [0.3, 0.4) is 0 Å². The molecule has 4 aliphatic carbocycles. The number of aromatic amines is 2. The van der Waals surface area contributed by atoms with Crippen molar-refractivity contribution in [2.75, 3.05) is 20.2 Å². The molecule has 0 aromatic carbocycles. The number of aliphatic hydroxyl groups excluding tert-OH is 1. The first-order valence-corrected chi connectivity index (χ1v) is 20.7. The van der Waals surface area contributed by atoms with E-state index in [2.05, 4.69) is 58.8 Å². The Morgan fingerprint density at radius 1 is 0.926 bits per heavy atom. The van der Waals surface area contributed by atoms with Gasteiger partial charge in [-0.3, -0.25) is 4.79 Å². The summed E-state index contributed by atoms with van der Waals surface area (Å²) in [6.45, 7) is 9.99. The lowest BCUT2D eigenvalue weighted by molar-refractivity contribution is -0.135. The normalized spacial score (nSPS) is 31.5. The van der Waals surface area contributed by atoms with E-state index < -0.39 is 18.2 Å². The van der Waals surface area contributed by atoms with Gasteiger partial charge in [-0.1, -0.05) is 58.4 Å². The van der Waals surface area contributed by atoms with E-state index in [-0.39, 0.29) is 35.7 Å². The Hall–Kier alpha value is -3.96. The van der Waals surface area contributed by atoms with Crippen LogP contribution < -0.4 is 10.6 Å². The summed E-state index contributed by atoms with van der Waals surface area (Å²) >= 11 is 0. The summed E-state index contributed by atoms with van der Waals surface area (Å²) in [6.07, 6.45) is 21.6. The third-order valence-electron chi connectivity index (χ3n) is 13.7. The number of alkyl carbamates (subject to hydrolysis) is 1. The van der Waals surface area contributed by atoms with Crippen LogP contribution in [0.25, 0.3) is 11.1 Å². The number of hydrogen-bond acceptors (Lipinski definition) is 7. The Balaban J connectivity index is 1.11. The number of aromatic nitrogens is 4. The van der Waals surface area contributed by atoms with Crippen LogP contribution in [0.2, 0.25) is 0 Å². The summed E-state index contributed by atoms with van der Waals surface area (Å²) in [4.78, 5) is 44.8. The maximum atomic E-state index is 13.8. The molecule has 4 heterocycles. The zero-order valence-corrected chi connectivity index (χ0v) is 32.6. The Kier molecular flexibility index (Phi) is 10.5. The fourth-order valence-electron chi connectivity index (χ4n) is 11.1. The van der Waals surface area contributed by atoms with E-state index in [0.29, 0.717) is 30.2 Å². The average Bonchev–Trinajstić information content (AvgIpc) is 4.01. The van der Waals surface area contributed by atoms with Crippen molar-refractivity contribution in [3.05, 3.63) is 70.9 Å². The number of ether oxygens (including phenoxy) is 1. The summed E-state index contributed by atoms with van der Waals surface area (Å²) in [5.41, 5.74) is 7.34. The zero-order valence-electron chi connectivity index (χ0n) is 32.6. The van der Waals surface area contributed by atoms with Crippen molar-refractivity contribution in [1.82, 2.24) is 35.5 Å². The molecule has 11 heteroatoms. The first-order chi connectivity index (χ1) is 26.2.